The second-order valence-electron chi connectivity index (χ2n) is 6.82. The van der Waals surface area contributed by atoms with Crippen LogP contribution in [0.1, 0.15) is 65.2 Å². The zero-order valence-electron chi connectivity index (χ0n) is 12.2. The predicted octanol–water partition coefficient (Wildman–Crippen LogP) is 4.54. The van der Waals surface area contributed by atoms with E-state index in [1.54, 1.807) is 6.26 Å². The highest BCUT2D eigenvalue weighted by Gasteiger charge is 2.30. The number of hydrogen-bond acceptors (Lipinski definition) is 2. The minimum atomic E-state index is 0.330. The summed E-state index contributed by atoms with van der Waals surface area (Å²) in [5.41, 5.74) is 0.470. The highest BCUT2D eigenvalue weighted by molar-refractivity contribution is 5.03. The van der Waals surface area contributed by atoms with Gasteiger partial charge in [-0.05, 0) is 56.1 Å². The summed E-state index contributed by atoms with van der Waals surface area (Å²) in [6, 6.07) is 5.00. The fourth-order valence-electron chi connectivity index (χ4n) is 3.10. The normalized spacial score (nSPS) is 27.1. The summed E-state index contributed by atoms with van der Waals surface area (Å²) in [7, 11) is 0. The first-order valence-corrected chi connectivity index (χ1v) is 7.26. The van der Waals surface area contributed by atoms with Crippen molar-refractivity contribution in [2.45, 2.75) is 65.5 Å². The zero-order valence-corrected chi connectivity index (χ0v) is 12.2. The Hall–Kier alpha value is -0.760. The molecule has 0 aliphatic heterocycles. The van der Waals surface area contributed by atoms with Gasteiger partial charge in [-0.1, -0.05) is 20.8 Å². The van der Waals surface area contributed by atoms with Crippen molar-refractivity contribution in [2.75, 3.05) is 0 Å². The van der Waals surface area contributed by atoms with Gasteiger partial charge in [0.25, 0.3) is 0 Å². The number of furan rings is 1. The van der Waals surface area contributed by atoms with Crippen LogP contribution >= 0.6 is 0 Å². The van der Waals surface area contributed by atoms with E-state index < -0.39 is 0 Å². The molecule has 0 saturated heterocycles. The lowest BCUT2D eigenvalue weighted by atomic mass is 9.71. The van der Waals surface area contributed by atoms with Crippen molar-refractivity contribution >= 4 is 0 Å². The summed E-state index contributed by atoms with van der Waals surface area (Å²) in [6.45, 7) is 9.30. The van der Waals surface area contributed by atoms with Gasteiger partial charge in [0.2, 0.25) is 0 Å². The van der Waals surface area contributed by atoms with E-state index in [1.807, 2.05) is 6.07 Å². The average molecular weight is 249 g/mol. The highest BCUT2D eigenvalue weighted by Crippen LogP contribution is 2.38. The lowest BCUT2D eigenvalue weighted by molar-refractivity contribution is 0.155. The van der Waals surface area contributed by atoms with Crippen LogP contribution in [0.5, 0.6) is 0 Å². The van der Waals surface area contributed by atoms with Crippen LogP contribution in [0.3, 0.4) is 0 Å². The topological polar surface area (TPSA) is 25.2 Å². The van der Waals surface area contributed by atoms with Crippen LogP contribution in [0, 0.1) is 11.3 Å². The smallest absolute Gasteiger partial charge is 0.120 e. The first kappa shape index (κ1) is 13.7. The highest BCUT2D eigenvalue weighted by atomic mass is 16.3. The van der Waals surface area contributed by atoms with Crippen LogP contribution < -0.4 is 5.32 Å². The van der Waals surface area contributed by atoms with E-state index in [9.17, 15) is 0 Å². The monoisotopic (exact) mass is 249 g/mol. The summed E-state index contributed by atoms with van der Waals surface area (Å²) in [4.78, 5) is 0. The molecular formula is C16H27NO. The summed E-state index contributed by atoms with van der Waals surface area (Å²) in [5.74, 6) is 1.93. The Bertz CT molecular complexity index is 342. The van der Waals surface area contributed by atoms with Crippen molar-refractivity contribution in [3.63, 3.8) is 0 Å². The summed E-state index contributed by atoms with van der Waals surface area (Å²) in [5, 5.41) is 3.70. The largest absolute Gasteiger partial charge is 0.468 e. The molecule has 1 atom stereocenters. The Labute approximate surface area is 111 Å². The minimum absolute atomic E-state index is 0.330. The second-order valence-corrected chi connectivity index (χ2v) is 6.82. The van der Waals surface area contributed by atoms with E-state index in [-0.39, 0.29) is 0 Å². The molecule has 1 aliphatic rings. The SMILES string of the molecule is C[C@H](NC1CCC(C(C)(C)C)CC1)c1ccco1. The van der Waals surface area contributed by atoms with Crippen molar-refractivity contribution in [3.8, 4) is 0 Å². The first-order chi connectivity index (χ1) is 8.47. The molecule has 0 radical (unpaired) electrons. The average Bonchev–Trinajstić information content (AvgIpc) is 2.82. The third kappa shape index (κ3) is 3.38. The maximum atomic E-state index is 5.45. The van der Waals surface area contributed by atoms with Crippen molar-refractivity contribution in [3.05, 3.63) is 24.2 Å². The molecule has 0 spiro atoms. The molecule has 2 nitrogen and oxygen atoms in total. The number of hydrogen-bond donors (Lipinski definition) is 1. The second kappa shape index (κ2) is 5.48. The Morgan fingerprint density at radius 2 is 1.89 bits per heavy atom. The molecule has 1 aromatic rings. The van der Waals surface area contributed by atoms with Crippen LogP contribution in [-0.2, 0) is 0 Å². The molecule has 1 saturated carbocycles. The van der Waals surface area contributed by atoms with Gasteiger partial charge in [-0.15, -0.1) is 0 Å². The quantitative estimate of drug-likeness (QED) is 0.851. The predicted molar refractivity (Wildman–Crippen MR) is 75.5 cm³/mol. The molecule has 0 amide bonds. The van der Waals surface area contributed by atoms with Gasteiger partial charge in [0.05, 0.1) is 12.3 Å². The van der Waals surface area contributed by atoms with Crippen LogP contribution in [-0.4, -0.2) is 6.04 Å². The third-order valence-corrected chi connectivity index (χ3v) is 4.41. The van der Waals surface area contributed by atoms with E-state index in [1.165, 1.54) is 25.7 Å². The lowest BCUT2D eigenvalue weighted by Gasteiger charge is -2.37. The van der Waals surface area contributed by atoms with Gasteiger partial charge in [-0.2, -0.15) is 0 Å². The van der Waals surface area contributed by atoms with E-state index in [0.717, 1.165) is 11.7 Å². The van der Waals surface area contributed by atoms with Crippen LogP contribution in [0.25, 0.3) is 0 Å². The molecule has 2 rings (SSSR count). The number of nitrogens with one attached hydrogen (secondary N) is 1. The molecule has 1 fully saturated rings. The minimum Gasteiger partial charge on any atom is -0.468 e. The van der Waals surface area contributed by atoms with E-state index in [2.05, 4.69) is 39.1 Å². The fourth-order valence-corrected chi connectivity index (χ4v) is 3.10. The third-order valence-electron chi connectivity index (χ3n) is 4.41. The molecule has 1 N–H and O–H groups in total. The number of rotatable bonds is 3. The van der Waals surface area contributed by atoms with E-state index in [0.29, 0.717) is 17.5 Å². The maximum absolute atomic E-state index is 5.45. The molecule has 0 aromatic carbocycles. The Morgan fingerprint density at radius 1 is 1.22 bits per heavy atom. The Kier molecular flexibility index (Phi) is 4.16. The fraction of sp³-hybridized carbons (Fsp3) is 0.750. The standard InChI is InChI=1S/C16H27NO/c1-12(15-6-5-11-18-15)17-14-9-7-13(8-10-14)16(2,3)4/h5-6,11-14,17H,7-10H2,1-4H3/t12-,13?,14?/m0/s1. The van der Waals surface area contributed by atoms with Crippen LogP contribution in [0.15, 0.2) is 22.8 Å². The van der Waals surface area contributed by atoms with Crippen molar-refractivity contribution in [2.24, 2.45) is 11.3 Å². The van der Waals surface area contributed by atoms with Gasteiger partial charge in [0.15, 0.2) is 0 Å². The molecule has 102 valence electrons. The zero-order chi connectivity index (χ0) is 13.2. The van der Waals surface area contributed by atoms with E-state index >= 15 is 0 Å². The van der Waals surface area contributed by atoms with Crippen molar-refractivity contribution < 1.29 is 4.42 Å². The molecule has 0 bridgehead atoms. The van der Waals surface area contributed by atoms with Crippen LogP contribution in [0.4, 0.5) is 0 Å². The molecule has 1 aliphatic carbocycles. The Balaban J connectivity index is 1.80. The molecule has 2 heteroatoms. The van der Waals surface area contributed by atoms with Crippen molar-refractivity contribution in [1.82, 2.24) is 5.32 Å². The molecule has 18 heavy (non-hydrogen) atoms. The van der Waals surface area contributed by atoms with Gasteiger partial charge in [0.1, 0.15) is 5.76 Å². The molecular weight excluding hydrogens is 222 g/mol. The summed E-state index contributed by atoms with van der Waals surface area (Å²) < 4.78 is 5.45. The van der Waals surface area contributed by atoms with Gasteiger partial charge in [-0.3, -0.25) is 0 Å². The van der Waals surface area contributed by atoms with E-state index in [4.69, 9.17) is 4.42 Å². The van der Waals surface area contributed by atoms with Crippen molar-refractivity contribution in [1.29, 1.82) is 0 Å². The van der Waals surface area contributed by atoms with Gasteiger partial charge < -0.3 is 9.73 Å². The first-order valence-electron chi connectivity index (χ1n) is 7.26. The Morgan fingerprint density at radius 3 is 2.39 bits per heavy atom. The van der Waals surface area contributed by atoms with Crippen LogP contribution in [0.2, 0.25) is 0 Å². The summed E-state index contributed by atoms with van der Waals surface area (Å²) in [6.07, 6.45) is 7.06. The van der Waals surface area contributed by atoms with Gasteiger partial charge in [0, 0.05) is 6.04 Å². The van der Waals surface area contributed by atoms with Gasteiger partial charge in [-0.25, -0.2) is 0 Å². The maximum Gasteiger partial charge on any atom is 0.120 e. The molecule has 1 aromatic heterocycles. The van der Waals surface area contributed by atoms with Gasteiger partial charge >= 0.3 is 0 Å². The lowest BCUT2D eigenvalue weighted by Crippen LogP contribution is -2.37. The molecule has 0 unspecified atom stereocenters. The summed E-state index contributed by atoms with van der Waals surface area (Å²) >= 11 is 0. The molecule has 1 heterocycles.